The summed E-state index contributed by atoms with van der Waals surface area (Å²) in [5.74, 6) is 0.0704. The summed E-state index contributed by atoms with van der Waals surface area (Å²) < 4.78 is 0. The van der Waals surface area contributed by atoms with Gasteiger partial charge in [0.1, 0.15) is 5.75 Å². The predicted octanol–water partition coefficient (Wildman–Crippen LogP) is 5.57. The second-order valence-electron chi connectivity index (χ2n) is 4.81. The van der Waals surface area contributed by atoms with Crippen molar-refractivity contribution >= 4 is 45.7 Å². The van der Waals surface area contributed by atoms with Gasteiger partial charge in [-0.2, -0.15) is 5.26 Å². The molecule has 22 heavy (non-hydrogen) atoms. The fourth-order valence-corrected chi connectivity index (χ4v) is 3.54. The van der Waals surface area contributed by atoms with E-state index in [1.165, 1.54) is 0 Å². The Bertz CT molecular complexity index is 902. The molecule has 6 heteroatoms. The van der Waals surface area contributed by atoms with Crippen LogP contribution in [0, 0.1) is 11.3 Å². The monoisotopic (exact) mass is 350 g/mol. The Labute approximate surface area is 141 Å². The van der Waals surface area contributed by atoms with E-state index in [4.69, 9.17) is 40.1 Å². The number of halogens is 3. The van der Waals surface area contributed by atoms with Crippen LogP contribution in [0.3, 0.4) is 0 Å². The summed E-state index contributed by atoms with van der Waals surface area (Å²) in [5.41, 5.74) is 2.72. The van der Waals surface area contributed by atoms with Gasteiger partial charge in [-0.05, 0) is 35.4 Å². The molecule has 0 radical (unpaired) electrons. The zero-order chi connectivity index (χ0) is 15.9. The molecule has 0 amide bonds. The Hall–Kier alpha value is -1.86. The van der Waals surface area contributed by atoms with E-state index < -0.39 is 0 Å². The molecule has 0 aliphatic rings. The van der Waals surface area contributed by atoms with Gasteiger partial charge in [0, 0.05) is 22.2 Å². The highest BCUT2D eigenvalue weighted by molar-refractivity contribution is 6.41. The smallest absolute Gasteiger partial charge is 0.125 e. The van der Waals surface area contributed by atoms with Crippen molar-refractivity contribution in [2.75, 3.05) is 0 Å². The standard InChI is InChI=1S/C16H9Cl3N2O/c17-10-5-11(18)15(12(19)6-10)9-3-13-16(14(22)4-9)8(1-2-20)7-21-13/h3-7,21-22H,1H2. The third-order valence-electron chi connectivity index (χ3n) is 3.41. The number of aromatic amines is 1. The van der Waals surface area contributed by atoms with Gasteiger partial charge in [-0.3, -0.25) is 0 Å². The molecule has 0 bridgehead atoms. The Kier molecular flexibility index (Phi) is 3.92. The van der Waals surface area contributed by atoms with Crippen LogP contribution in [0.25, 0.3) is 22.0 Å². The average molecular weight is 352 g/mol. The zero-order valence-corrected chi connectivity index (χ0v) is 13.4. The van der Waals surface area contributed by atoms with E-state index in [1.807, 2.05) is 6.07 Å². The number of fused-ring (bicyclic) bond motifs is 1. The number of benzene rings is 2. The van der Waals surface area contributed by atoms with Crippen molar-refractivity contribution in [3.8, 4) is 22.9 Å². The van der Waals surface area contributed by atoms with Crippen LogP contribution in [0.1, 0.15) is 5.56 Å². The molecule has 0 saturated heterocycles. The third-order valence-corrected chi connectivity index (χ3v) is 4.22. The van der Waals surface area contributed by atoms with Gasteiger partial charge in [-0.15, -0.1) is 0 Å². The number of nitriles is 1. The lowest BCUT2D eigenvalue weighted by Crippen LogP contribution is -1.85. The first-order chi connectivity index (χ1) is 10.5. The Balaban J connectivity index is 2.24. The van der Waals surface area contributed by atoms with Gasteiger partial charge in [0.15, 0.2) is 0 Å². The second-order valence-corrected chi connectivity index (χ2v) is 6.06. The van der Waals surface area contributed by atoms with E-state index in [9.17, 15) is 5.11 Å². The molecule has 3 nitrogen and oxygen atoms in total. The van der Waals surface area contributed by atoms with E-state index in [1.54, 1.807) is 24.4 Å². The molecule has 2 aromatic carbocycles. The number of aromatic nitrogens is 1. The predicted molar refractivity (Wildman–Crippen MR) is 89.7 cm³/mol. The summed E-state index contributed by atoms with van der Waals surface area (Å²) in [6, 6.07) is 8.68. The van der Waals surface area contributed by atoms with Crippen LogP contribution in [0.5, 0.6) is 5.75 Å². The fraction of sp³-hybridized carbons (Fsp3) is 0.0625. The molecule has 0 atom stereocenters. The van der Waals surface area contributed by atoms with Gasteiger partial charge in [-0.1, -0.05) is 34.8 Å². The highest BCUT2D eigenvalue weighted by Crippen LogP contribution is 2.41. The number of nitrogens with one attached hydrogen (secondary N) is 1. The Morgan fingerprint density at radius 1 is 1.09 bits per heavy atom. The van der Waals surface area contributed by atoms with E-state index in [2.05, 4.69) is 11.1 Å². The number of hydrogen-bond acceptors (Lipinski definition) is 2. The quantitative estimate of drug-likeness (QED) is 0.634. The molecule has 3 rings (SSSR count). The van der Waals surface area contributed by atoms with Gasteiger partial charge in [0.25, 0.3) is 0 Å². The largest absolute Gasteiger partial charge is 0.507 e. The molecule has 0 fully saturated rings. The van der Waals surface area contributed by atoms with E-state index in [-0.39, 0.29) is 12.2 Å². The van der Waals surface area contributed by atoms with Crippen molar-refractivity contribution in [3.05, 3.63) is 51.1 Å². The van der Waals surface area contributed by atoms with Crippen LogP contribution in [-0.4, -0.2) is 10.1 Å². The van der Waals surface area contributed by atoms with Crippen molar-refractivity contribution in [3.63, 3.8) is 0 Å². The maximum atomic E-state index is 10.3. The topological polar surface area (TPSA) is 59.8 Å². The number of phenols is 1. The minimum atomic E-state index is 0.0704. The minimum Gasteiger partial charge on any atom is -0.507 e. The van der Waals surface area contributed by atoms with Crippen LogP contribution < -0.4 is 0 Å². The molecule has 0 saturated carbocycles. The van der Waals surface area contributed by atoms with Gasteiger partial charge in [0.2, 0.25) is 0 Å². The maximum Gasteiger partial charge on any atom is 0.125 e. The van der Waals surface area contributed by atoms with Crippen LogP contribution in [-0.2, 0) is 6.42 Å². The second kappa shape index (κ2) is 5.73. The summed E-state index contributed by atoms with van der Waals surface area (Å²) >= 11 is 18.4. The SMILES string of the molecule is N#CCc1c[nH]c2cc(-c3c(Cl)cc(Cl)cc3Cl)cc(O)c12. The summed E-state index contributed by atoms with van der Waals surface area (Å²) in [6.45, 7) is 0. The number of nitrogens with zero attached hydrogens (tertiary/aromatic N) is 1. The first-order valence-corrected chi connectivity index (χ1v) is 7.49. The van der Waals surface area contributed by atoms with E-state index in [0.29, 0.717) is 37.1 Å². The van der Waals surface area contributed by atoms with E-state index >= 15 is 0 Å². The summed E-state index contributed by atoms with van der Waals surface area (Å²) in [5, 5.41) is 21.0. The lowest BCUT2D eigenvalue weighted by atomic mass is 10.0. The number of phenolic OH excluding ortho intramolecular Hbond substituents is 1. The molecule has 0 aliphatic carbocycles. The van der Waals surface area contributed by atoms with Crippen molar-refractivity contribution < 1.29 is 5.11 Å². The maximum absolute atomic E-state index is 10.3. The van der Waals surface area contributed by atoms with Crippen LogP contribution in [0.15, 0.2) is 30.5 Å². The fourth-order valence-electron chi connectivity index (χ4n) is 2.50. The van der Waals surface area contributed by atoms with Gasteiger partial charge < -0.3 is 10.1 Å². The van der Waals surface area contributed by atoms with Gasteiger partial charge >= 0.3 is 0 Å². The molecular formula is C16H9Cl3N2O. The lowest BCUT2D eigenvalue weighted by molar-refractivity contribution is 0.481. The molecule has 0 aliphatic heterocycles. The van der Waals surface area contributed by atoms with Crippen molar-refractivity contribution in [1.29, 1.82) is 5.26 Å². The number of H-pyrrole nitrogens is 1. The average Bonchev–Trinajstić information content (AvgIpc) is 2.81. The van der Waals surface area contributed by atoms with Gasteiger partial charge in [-0.25, -0.2) is 0 Å². The number of aromatic hydroxyl groups is 1. The summed E-state index contributed by atoms with van der Waals surface area (Å²) in [4.78, 5) is 3.05. The van der Waals surface area contributed by atoms with E-state index in [0.717, 1.165) is 5.56 Å². The molecule has 1 heterocycles. The highest BCUT2D eigenvalue weighted by Gasteiger charge is 2.15. The zero-order valence-electron chi connectivity index (χ0n) is 11.1. The van der Waals surface area contributed by atoms with Gasteiger partial charge in [0.05, 0.1) is 28.1 Å². The van der Waals surface area contributed by atoms with Crippen molar-refractivity contribution in [1.82, 2.24) is 4.98 Å². The molecule has 0 spiro atoms. The van der Waals surface area contributed by atoms with Crippen LogP contribution in [0.4, 0.5) is 0 Å². The third kappa shape index (κ3) is 2.50. The van der Waals surface area contributed by atoms with Crippen molar-refractivity contribution in [2.24, 2.45) is 0 Å². The Morgan fingerprint density at radius 3 is 2.41 bits per heavy atom. The molecule has 2 N–H and O–H groups in total. The van der Waals surface area contributed by atoms with Crippen molar-refractivity contribution in [2.45, 2.75) is 6.42 Å². The minimum absolute atomic E-state index is 0.0704. The summed E-state index contributed by atoms with van der Waals surface area (Å²) in [6.07, 6.45) is 1.93. The lowest BCUT2D eigenvalue weighted by Gasteiger charge is -2.09. The molecule has 0 unspecified atom stereocenters. The number of rotatable bonds is 2. The van der Waals surface area contributed by atoms with Crippen LogP contribution >= 0.6 is 34.8 Å². The Morgan fingerprint density at radius 2 is 1.77 bits per heavy atom. The summed E-state index contributed by atoms with van der Waals surface area (Å²) in [7, 11) is 0. The normalized spacial score (nSPS) is 10.8. The highest BCUT2D eigenvalue weighted by atomic mass is 35.5. The first-order valence-electron chi connectivity index (χ1n) is 6.36. The molecule has 1 aromatic heterocycles. The molecule has 3 aromatic rings. The number of hydrogen-bond donors (Lipinski definition) is 2. The molecular weight excluding hydrogens is 343 g/mol. The first kappa shape index (κ1) is 15.1. The van der Waals surface area contributed by atoms with Crippen LogP contribution in [0.2, 0.25) is 15.1 Å². The molecule has 110 valence electrons.